The van der Waals surface area contributed by atoms with Gasteiger partial charge in [0.2, 0.25) is 0 Å². The highest BCUT2D eigenvalue weighted by molar-refractivity contribution is 5.15. The lowest BCUT2D eigenvalue weighted by molar-refractivity contribution is -0.151. The summed E-state index contributed by atoms with van der Waals surface area (Å²) in [5.41, 5.74) is 0.949. The number of nitrogens with zero attached hydrogens (tertiary/aromatic N) is 1. The molecule has 0 bridgehead atoms. The Labute approximate surface area is 136 Å². The first kappa shape index (κ1) is 16.2. The number of benzene rings is 1. The topological polar surface area (TPSA) is 66.1 Å². The van der Waals surface area contributed by atoms with E-state index in [0.29, 0.717) is 38.6 Å². The first-order chi connectivity index (χ1) is 11.2. The van der Waals surface area contributed by atoms with E-state index >= 15 is 0 Å². The summed E-state index contributed by atoms with van der Waals surface area (Å²) >= 11 is 0. The summed E-state index contributed by atoms with van der Waals surface area (Å²) in [6.07, 6.45) is 0.875. The predicted octanol–water partition coefficient (Wildman–Crippen LogP) is 1.82. The molecule has 1 saturated heterocycles. The summed E-state index contributed by atoms with van der Waals surface area (Å²) in [4.78, 5) is 2.15. The molecule has 1 aromatic carbocycles. The zero-order valence-electron chi connectivity index (χ0n) is 13.1. The zero-order chi connectivity index (χ0) is 16.1. The molecular weight excluding hydrogens is 294 g/mol. The highest BCUT2D eigenvalue weighted by Crippen LogP contribution is 2.29. The van der Waals surface area contributed by atoms with Crippen molar-refractivity contribution < 1.29 is 19.4 Å². The van der Waals surface area contributed by atoms with Gasteiger partial charge in [0, 0.05) is 19.6 Å². The van der Waals surface area contributed by atoms with Gasteiger partial charge in [0.1, 0.15) is 11.9 Å². The minimum Gasteiger partial charge on any atom is -0.467 e. The number of furan rings is 1. The molecule has 1 atom stereocenters. The maximum Gasteiger partial charge on any atom is 0.133 e. The average Bonchev–Trinajstić information content (AvgIpc) is 3.06. The third-order valence-corrected chi connectivity index (χ3v) is 4.26. The van der Waals surface area contributed by atoms with Crippen LogP contribution >= 0.6 is 0 Å². The molecule has 0 saturated carbocycles. The summed E-state index contributed by atoms with van der Waals surface area (Å²) in [7, 11) is 0. The predicted molar refractivity (Wildman–Crippen MR) is 85.7 cm³/mol. The van der Waals surface area contributed by atoms with E-state index in [0.717, 1.165) is 0 Å². The van der Waals surface area contributed by atoms with Gasteiger partial charge in [0.25, 0.3) is 0 Å². The molecule has 1 unspecified atom stereocenters. The van der Waals surface area contributed by atoms with Crippen molar-refractivity contribution in [3.63, 3.8) is 0 Å². The van der Waals surface area contributed by atoms with Crippen LogP contribution in [-0.4, -0.2) is 48.0 Å². The van der Waals surface area contributed by atoms with E-state index in [9.17, 15) is 10.2 Å². The van der Waals surface area contributed by atoms with E-state index in [2.05, 4.69) is 17.0 Å². The van der Waals surface area contributed by atoms with Crippen molar-refractivity contribution in [2.75, 3.05) is 32.9 Å². The molecule has 2 heterocycles. The molecule has 1 fully saturated rings. The molecule has 124 valence electrons. The zero-order valence-corrected chi connectivity index (χ0v) is 13.1. The van der Waals surface area contributed by atoms with Gasteiger partial charge in [0.05, 0.1) is 31.5 Å². The van der Waals surface area contributed by atoms with Gasteiger partial charge in [-0.2, -0.15) is 0 Å². The molecule has 5 nitrogen and oxygen atoms in total. The molecule has 2 N–H and O–H groups in total. The first-order valence-corrected chi connectivity index (χ1v) is 7.87. The molecule has 0 radical (unpaired) electrons. The second-order valence-corrected chi connectivity index (χ2v) is 6.34. The second-order valence-electron chi connectivity index (χ2n) is 6.34. The number of rotatable bonds is 8. The van der Waals surface area contributed by atoms with Crippen molar-refractivity contribution in [2.24, 2.45) is 5.41 Å². The lowest BCUT2D eigenvalue weighted by atomic mass is 9.86. The molecule has 5 heteroatoms. The van der Waals surface area contributed by atoms with Crippen molar-refractivity contribution in [3.05, 3.63) is 60.1 Å². The number of aliphatic hydroxyl groups is 2. The fraction of sp³-hybridized carbons (Fsp3) is 0.444. The van der Waals surface area contributed by atoms with Crippen LogP contribution in [0.4, 0.5) is 0 Å². The van der Waals surface area contributed by atoms with Gasteiger partial charge in [-0.1, -0.05) is 30.3 Å². The quantitative estimate of drug-likeness (QED) is 0.777. The van der Waals surface area contributed by atoms with Gasteiger partial charge >= 0.3 is 0 Å². The monoisotopic (exact) mass is 317 g/mol. The summed E-state index contributed by atoms with van der Waals surface area (Å²) in [5, 5.41) is 20.1. The van der Waals surface area contributed by atoms with Crippen LogP contribution in [0.5, 0.6) is 0 Å². The normalized spacial score (nSPS) is 17.9. The lowest BCUT2D eigenvalue weighted by Crippen LogP contribution is -2.53. The third-order valence-electron chi connectivity index (χ3n) is 4.26. The fourth-order valence-electron chi connectivity index (χ4n) is 2.94. The first-order valence-electron chi connectivity index (χ1n) is 7.87. The van der Waals surface area contributed by atoms with E-state index in [4.69, 9.17) is 9.15 Å². The molecule has 1 aromatic heterocycles. The summed E-state index contributed by atoms with van der Waals surface area (Å²) < 4.78 is 10.6. The highest BCUT2D eigenvalue weighted by Gasteiger charge is 2.40. The molecule has 2 aromatic rings. The Morgan fingerprint density at radius 3 is 2.48 bits per heavy atom. The minimum absolute atomic E-state index is 0.0924. The molecule has 0 aliphatic carbocycles. The van der Waals surface area contributed by atoms with E-state index in [-0.39, 0.29) is 12.0 Å². The minimum atomic E-state index is -0.689. The van der Waals surface area contributed by atoms with Gasteiger partial charge < -0.3 is 19.4 Å². The molecule has 3 rings (SSSR count). The van der Waals surface area contributed by atoms with Gasteiger partial charge in [-0.25, -0.2) is 0 Å². The van der Waals surface area contributed by atoms with E-state index in [1.165, 1.54) is 5.56 Å². The summed E-state index contributed by atoms with van der Waals surface area (Å²) in [6, 6.07) is 13.7. The van der Waals surface area contributed by atoms with Crippen LogP contribution in [0.25, 0.3) is 0 Å². The SMILES string of the molecule is OCC1(CN(Cc2ccccc2)CC(O)c2ccco2)COC1. The maximum atomic E-state index is 10.4. The Hall–Kier alpha value is -1.66. The Balaban J connectivity index is 1.70. The van der Waals surface area contributed by atoms with Crippen LogP contribution in [0.15, 0.2) is 53.1 Å². The van der Waals surface area contributed by atoms with Crippen molar-refractivity contribution in [2.45, 2.75) is 12.6 Å². The molecule has 23 heavy (non-hydrogen) atoms. The molecule has 1 aliphatic heterocycles. The fourth-order valence-corrected chi connectivity index (χ4v) is 2.94. The van der Waals surface area contributed by atoms with Crippen molar-refractivity contribution in [1.29, 1.82) is 0 Å². The maximum absolute atomic E-state index is 10.4. The Kier molecular flexibility index (Phi) is 5.13. The summed E-state index contributed by atoms with van der Waals surface area (Å²) in [5.74, 6) is 0.561. The van der Waals surface area contributed by atoms with Gasteiger partial charge in [-0.3, -0.25) is 4.90 Å². The number of hydrogen-bond donors (Lipinski definition) is 2. The van der Waals surface area contributed by atoms with E-state index in [1.807, 2.05) is 18.2 Å². The van der Waals surface area contributed by atoms with E-state index < -0.39 is 6.10 Å². The smallest absolute Gasteiger partial charge is 0.133 e. The highest BCUT2D eigenvalue weighted by atomic mass is 16.5. The Morgan fingerprint density at radius 1 is 1.13 bits per heavy atom. The molecule has 0 spiro atoms. The average molecular weight is 317 g/mol. The lowest BCUT2D eigenvalue weighted by Gasteiger charge is -2.43. The van der Waals surface area contributed by atoms with Crippen LogP contribution in [0, 0.1) is 5.41 Å². The van der Waals surface area contributed by atoms with Crippen molar-refractivity contribution in [1.82, 2.24) is 4.90 Å². The van der Waals surface area contributed by atoms with Crippen LogP contribution in [0.3, 0.4) is 0 Å². The second kappa shape index (κ2) is 7.27. The number of hydrogen-bond acceptors (Lipinski definition) is 5. The number of aliphatic hydroxyl groups excluding tert-OH is 2. The van der Waals surface area contributed by atoms with Crippen molar-refractivity contribution >= 4 is 0 Å². The molecule has 0 amide bonds. The molecule has 1 aliphatic rings. The van der Waals surface area contributed by atoms with Gasteiger partial charge in [0.15, 0.2) is 0 Å². The standard InChI is InChI=1S/C18H23NO4/c20-12-18(13-22-14-18)11-19(9-15-5-2-1-3-6-15)10-16(21)17-7-4-8-23-17/h1-8,16,20-21H,9-14H2. The van der Waals surface area contributed by atoms with Crippen LogP contribution < -0.4 is 0 Å². The largest absolute Gasteiger partial charge is 0.467 e. The van der Waals surface area contributed by atoms with Gasteiger partial charge in [-0.05, 0) is 17.7 Å². The van der Waals surface area contributed by atoms with Crippen LogP contribution in [-0.2, 0) is 11.3 Å². The van der Waals surface area contributed by atoms with Gasteiger partial charge in [-0.15, -0.1) is 0 Å². The molecular formula is C18H23NO4. The van der Waals surface area contributed by atoms with Crippen LogP contribution in [0.1, 0.15) is 17.4 Å². The van der Waals surface area contributed by atoms with Crippen LogP contribution in [0.2, 0.25) is 0 Å². The Morgan fingerprint density at radius 2 is 1.91 bits per heavy atom. The Bertz CT molecular complexity index is 575. The summed E-state index contributed by atoms with van der Waals surface area (Å²) in [6.45, 7) is 3.05. The van der Waals surface area contributed by atoms with Crippen molar-refractivity contribution in [3.8, 4) is 0 Å². The van der Waals surface area contributed by atoms with E-state index in [1.54, 1.807) is 18.4 Å². The third kappa shape index (κ3) is 4.00. The number of ether oxygens (including phenoxy) is 1.